The van der Waals surface area contributed by atoms with Gasteiger partial charge < -0.3 is 15.4 Å². The standard InChI is InChI=1S/C25H30N4O2/c1-4-19-8-12-22(13-9-19)31-14-6-7-25(30)29-23-16-21(11-10-20(23)5-2)28-24-15-18(3)26-17-27-24/h8-13,15-17H,4-7,14H2,1-3H3,(H,29,30)(H,26,27,28). The molecule has 1 aromatic heterocycles. The van der Waals surface area contributed by atoms with Crippen molar-refractivity contribution in [3.63, 3.8) is 0 Å². The van der Waals surface area contributed by atoms with E-state index in [4.69, 9.17) is 4.74 Å². The van der Waals surface area contributed by atoms with E-state index in [0.717, 1.165) is 47.0 Å². The Morgan fingerprint density at radius 1 is 1.00 bits per heavy atom. The van der Waals surface area contributed by atoms with Crippen LogP contribution in [-0.4, -0.2) is 22.5 Å². The molecule has 2 aromatic carbocycles. The molecule has 0 fully saturated rings. The van der Waals surface area contributed by atoms with Crippen molar-refractivity contribution in [2.45, 2.75) is 46.5 Å². The predicted octanol–water partition coefficient (Wildman–Crippen LogP) is 5.45. The Labute approximate surface area is 184 Å². The van der Waals surface area contributed by atoms with Gasteiger partial charge in [0.2, 0.25) is 5.91 Å². The van der Waals surface area contributed by atoms with Gasteiger partial charge in [-0.2, -0.15) is 0 Å². The minimum absolute atomic E-state index is 0.0188. The lowest BCUT2D eigenvalue weighted by molar-refractivity contribution is -0.116. The molecule has 1 heterocycles. The van der Waals surface area contributed by atoms with E-state index in [0.29, 0.717) is 19.4 Å². The summed E-state index contributed by atoms with van der Waals surface area (Å²) in [5, 5.41) is 6.31. The van der Waals surface area contributed by atoms with Gasteiger partial charge >= 0.3 is 0 Å². The molecule has 0 aliphatic carbocycles. The van der Waals surface area contributed by atoms with E-state index in [1.807, 2.05) is 43.3 Å². The Balaban J connectivity index is 1.53. The molecule has 6 nitrogen and oxygen atoms in total. The number of aryl methyl sites for hydroxylation is 3. The Bertz CT molecular complexity index is 1000. The van der Waals surface area contributed by atoms with Gasteiger partial charge in [-0.3, -0.25) is 4.79 Å². The van der Waals surface area contributed by atoms with E-state index in [2.05, 4.69) is 46.6 Å². The summed E-state index contributed by atoms with van der Waals surface area (Å²) in [4.78, 5) is 20.8. The molecule has 0 atom stereocenters. The first-order valence-corrected chi connectivity index (χ1v) is 10.8. The fourth-order valence-corrected chi connectivity index (χ4v) is 3.21. The van der Waals surface area contributed by atoms with Crippen LogP contribution in [0.25, 0.3) is 0 Å². The molecule has 1 amide bonds. The zero-order valence-electron chi connectivity index (χ0n) is 18.4. The van der Waals surface area contributed by atoms with Gasteiger partial charge in [0.05, 0.1) is 6.61 Å². The van der Waals surface area contributed by atoms with Crippen molar-refractivity contribution in [3.05, 3.63) is 71.7 Å². The summed E-state index contributed by atoms with van der Waals surface area (Å²) >= 11 is 0. The third kappa shape index (κ3) is 6.81. The molecule has 0 spiro atoms. The highest BCUT2D eigenvalue weighted by molar-refractivity contribution is 5.92. The topological polar surface area (TPSA) is 76.1 Å². The Hall–Kier alpha value is -3.41. The van der Waals surface area contributed by atoms with E-state index >= 15 is 0 Å². The van der Waals surface area contributed by atoms with Crippen LogP contribution in [0.5, 0.6) is 5.75 Å². The summed E-state index contributed by atoms with van der Waals surface area (Å²) in [7, 11) is 0. The van der Waals surface area contributed by atoms with Crippen LogP contribution in [0.4, 0.5) is 17.2 Å². The number of rotatable bonds is 10. The summed E-state index contributed by atoms with van der Waals surface area (Å²) in [6.45, 7) is 6.63. The average Bonchev–Trinajstić information content (AvgIpc) is 2.77. The number of amides is 1. The fourth-order valence-electron chi connectivity index (χ4n) is 3.21. The van der Waals surface area contributed by atoms with Gasteiger partial charge in [0.1, 0.15) is 17.9 Å². The highest BCUT2D eigenvalue weighted by Gasteiger charge is 2.08. The summed E-state index contributed by atoms with van der Waals surface area (Å²) < 4.78 is 5.74. The number of hydrogen-bond donors (Lipinski definition) is 2. The van der Waals surface area contributed by atoms with Crippen LogP contribution in [0.15, 0.2) is 54.9 Å². The third-order valence-electron chi connectivity index (χ3n) is 4.99. The molecular weight excluding hydrogens is 388 g/mol. The maximum Gasteiger partial charge on any atom is 0.224 e. The van der Waals surface area contributed by atoms with Gasteiger partial charge in [0, 0.05) is 29.6 Å². The fraction of sp³-hybridized carbons (Fsp3) is 0.320. The summed E-state index contributed by atoms with van der Waals surface area (Å²) in [5.41, 5.74) is 4.94. The normalized spacial score (nSPS) is 10.5. The van der Waals surface area contributed by atoms with Crippen molar-refractivity contribution in [3.8, 4) is 5.75 Å². The molecule has 0 unspecified atom stereocenters. The molecule has 0 aliphatic rings. The van der Waals surface area contributed by atoms with Crippen molar-refractivity contribution in [1.82, 2.24) is 9.97 Å². The van der Waals surface area contributed by atoms with Crippen LogP contribution >= 0.6 is 0 Å². The van der Waals surface area contributed by atoms with Crippen molar-refractivity contribution < 1.29 is 9.53 Å². The molecule has 0 saturated carbocycles. The number of carbonyl (C=O) groups excluding carboxylic acids is 1. The van der Waals surface area contributed by atoms with E-state index in [9.17, 15) is 4.79 Å². The molecule has 0 radical (unpaired) electrons. The van der Waals surface area contributed by atoms with Crippen LogP contribution in [0.3, 0.4) is 0 Å². The van der Waals surface area contributed by atoms with Gasteiger partial charge in [0.15, 0.2) is 0 Å². The van der Waals surface area contributed by atoms with Crippen LogP contribution in [0.2, 0.25) is 0 Å². The van der Waals surface area contributed by atoms with Crippen molar-refractivity contribution in [2.24, 2.45) is 0 Å². The van der Waals surface area contributed by atoms with Crippen molar-refractivity contribution >= 4 is 23.1 Å². The van der Waals surface area contributed by atoms with Gasteiger partial charge in [-0.25, -0.2) is 9.97 Å². The second kappa shape index (κ2) is 11.1. The number of anilines is 3. The van der Waals surface area contributed by atoms with E-state index in [-0.39, 0.29) is 5.91 Å². The highest BCUT2D eigenvalue weighted by atomic mass is 16.5. The zero-order valence-corrected chi connectivity index (χ0v) is 18.4. The summed E-state index contributed by atoms with van der Waals surface area (Å²) in [5.74, 6) is 1.54. The lowest BCUT2D eigenvalue weighted by Crippen LogP contribution is -2.14. The quantitative estimate of drug-likeness (QED) is 0.428. The molecule has 2 N–H and O–H groups in total. The molecule has 3 rings (SSSR count). The summed E-state index contributed by atoms with van der Waals surface area (Å²) in [6.07, 6.45) is 4.43. The Kier molecular flexibility index (Phi) is 7.98. The SMILES string of the molecule is CCc1ccc(OCCCC(=O)Nc2cc(Nc3cc(C)ncn3)ccc2CC)cc1. The number of hydrogen-bond acceptors (Lipinski definition) is 5. The monoisotopic (exact) mass is 418 g/mol. The molecule has 162 valence electrons. The van der Waals surface area contributed by atoms with Gasteiger partial charge in [0.25, 0.3) is 0 Å². The first-order chi connectivity index (χ1) is 15.1. The van der Waals surface area contributed by atoms with E-state index < -0.39 is 0 Å². The number of aromatic nitrogens is 2. The van der Waals surface area contributed by atoms with Crippen molar-refractivity contribution in [1.29, 1.82) is 0 Å². The Morgan fingerprint density at radius 3 is 2.52 bits per heavy atom. The molecule has 6 heteroatoms. The van der Waals surface area contributed by atoms with E-state index in [1.165, 1.54) is 11.9 Å². The van der Waals surface area contributed by atoms with Crippen LogP contribution in [-0.2, 0) is 17.6 Å². The molecule has 31 heavy (non-hydrogen) atoms. The van der Waals surface area contributed by atoms with Crippen LogP contribution in [0.1, 0.15) is 43.5 Å². The largest absolute Gasteiger partial charge is 0.494 e. The lowest BCUT2D eigenvalue weighted by atomic mass is 10.1. The van der Waals surface area contributed by atoms with Crippen LogP contribution in [0, 0.1) is 6.92 Å². The number of nitrogens with one attached hydrogen (secondary N) is 2. The highest BCUT2D eigenvalue weighted by Crippen LogP contribution is 2.24. The first-order valence-electron chi connectivity index (χ1n) is 10.8. The van der Waals surface area contributed by atoms with E-state index in [1.54, 1.807) is 0 Å². The number of carbonyl (C=O) groups is 1. The second-order valence-corrected chi connectivity index (χ2v) is 7.39. The minimum Gasteiger partial charge on any atom is -0.494 e. The third-order valence-corrected chi connectivity index (χ3v) is 4.99. The Morgan fingerprint density at radius 2 is 1.81 bits per heavy atom. The maximum atomic E-state index is 12.5. The molecule has 0 bridgehead atoms. The van der Waals surface area contributed by atoms with Crippen molar-refractivity contribution in [2.75, 3.05) is 17.2 Å². The average molecular weight is 419 g/mol. The summed E-state index contributed by atoms with van der Waals surface area (Å²) in [6, 6.07) is 15.9. The number of benzene rings is 2. The predicted molar refractivity (Wildman–Crippen MR) is 125 cm³/mol. The first kappa shape index (κ1) is 22.3. The van der Waals surface area contributed by atoms with Gasteiger partial charge in [-0.15, -0.1) is 0 Å². The lowest BCUT2D eigenvalue weighted by Gasteiger charge is -2.13. The number of nitrogens with zero attached hydrogens (tertiary/aromatic N) is 2. The van der Waals surface area contributed by atoms with Crippen LogP contribution < -0.4 is 15.4 Å². The zero-order chi connectivity index (χ0) is 22.1. The molecule has 0 aliphatic heterocycles. The number of ether oxygens (including phenoxy) is 1. The molecule has 0 saturated heterocycles. The minimum atomic E-state index is -0.0188. The maximum absolute atomic E-state index is 12.5. The van der Waals surface area contributed by atoms with Gasteiger partial charge in [-0.1, -0.05) is 32.0 Å². The molecular formula is C25H30N4O2. The smallest absolute Gasteiger partial charge is 0.224 e. The second-order valence-electron chi connectivity index (χ2n) is 7.39. The van der Waals surface area contributed by atoms with Gasteiger partial charge in [-0.05, 0) is 61.6 Å². The molecule has 3 aromatic rings.